The highest BCUT2D eigenvalue weighted by Gasteiger charge is 2.13. The highest BCUT2D eigenvalue weighted by Crippen LogP contribution is 2.18. The van der Waals surface area contributed by atoms with Crippen LogP contribution in [0.5, 0.6) is 0 Å². The maximum Gasteiger partial charge on any atom is 0.310 e. The predicted molar refractivity (Wildman–Crippen MR) is 101 cm³/mol. The van der Waals surface area contributed by atoms with Crippen molar-refractivity contribution in [3.63, 3.8) is 0 Å². The van der Waals surface area contributed by atoms with Crippen LogP contribution in [0.1, 0.15) is 29.5 Å². The summed E-state index contributed by atoms with van der Waals surface area (Å²) in [6.45, 7) is 3.12. The first-order chi connectivity index (χ1) is 12.6. The van der Waals surface area contributed by atoms with Gasteiger partial charge in [-0.2, -0.15) is 0 Å². The number of hydrogen-bond donors (Lipinski definition) is 2. The van der Waals surface area contributed by atoms with Gasteiger partial charge < -0.3 is 10.4 Å². The van der Waals surface area contributed by atoms with Gasteiger partial charge in [-0.3, -0.25) is 14.8 Å². The zero-order valence-corrected chi connectivity index (χ0v) is 14.6. The molecule has 1 aromatic heterocycles. The first kappa shape index (κ1) is 17.8. The van der Waals surface area contributed by atoms with Gasteiger partial charge in [0.1, 0.15) is 0 Å². The van der Waals surface area contributed by atoms with E-state index in [9.17, 15) is 4.79 Å². The Morgan fingerprint density at radius 3 is 2.54 bits per heavy atom. The maximum absolute atomic E-state index is 11.1. The Labute approximate surface area is 152 Å². The molecule has 0 aliphatic carbocycles. The lowest BCUT2D eigenvalue weighted by Gasteiger charge is -2.10. The molecule has 26 heavy (non-hydrogen) atoms. The van der Waals surface area contributed by atoms with Gasteiger partial charge in [0.15, 0.2) is 0 Å². The second kappa shape index (κ2) is 8.36. The highest BCUT2D eigenvalue weighted by molar-refractivity contribution is 5.75. The molecule has 0 saturated heterocycles. The van der Waals surface area contributed by atoms with Crippen molar-refractivity contribution in [2.24, 2.45) is 0 Å². The molecule has 0 bridgehead atoms. The second-order valence-corrected chi connectivity index (χ2v) is 6.20. The van der Waals surface area contributed by atoms with Crippen molar-refractivity contribution in [2.75, 3.05) is 0 Å². The lowest BCUT2D eigenvalue weighted by molar-refractivity contribution is -0.138. The number of aliphatic carboxylic acids is 1. The van der Waals surface area contributed by atoms with Gasteiger partial charge >= 0.3 is 5.97 Å². The van der Waals surface area contributed by atoms with Crippen molar-refractivity contribution < 1.29 is 9.90 Å². The van der Waals surface area contributed by atoms with Crippen LogP contribution in [0.4, 0.5) is 0 Å². The molecule has 132 valence electrons. The third kappa shape index (κ3) is 4.52. The van der Waals surface area contributed by atoms with E-state index in [1.165, 1.54) is 5.56 Å². The minimum atomic E-state index is -0.807. The number of nitrogens with one attached hydrogen (secondary N) is 1. The predicted octanol–water partition coefficient (Wildman–Crippen LogP) is 3.62. The van der Waals surface area contributed by atoms with Gasteiger partial charge in [0.2, 0.25) is 0 Å². The minimum Gasteiger partial charge on any atom is -0.481 e. The van der Waals surface area contributed by atoms with E-state index >= 15 is 0 Å². The van der Waals surface area contributed by atoms with Gasteiger partial charge in [-0.05, 0) is 23.6 Å². The summed E-state index contributed by atoms with van der Waals surface area (Å²) in [7, 11) is 0. The van der Waals surface area contributed by atoms with Crippen molar-refractivity contribution in [1.82, 2.24) is 15.3 Å². The summed E-state index contributed by atoms with van der Waals surface area (Å²) in [5.74, 6) is -1.30. The molecule has 0 radical (unpaired) electrons. The molecule has 5 nitrogen and oxygen atoms in total. The number of carbonyl (C=O) groups is 1. The Morgan fingerprint density at radius 2 is 1.85 bits per heavy atom. The number of aromatic nitrogens is 2. The number of nitrogens with zero attached hydrogens (tertiary/aromatic N) is 2. The number of benzene rings is 2. The first-order valence-electron chi connectivity index (χ1n) is 8.51. The number of carboxylic acids is 1. The van der Waals surface area contributed by atoms with Crippen LogP contribution in [-0.4, -0.2) is 21.0 Å². The van der Waals surface area contributed by atoms with E-state index in [1.54, 1.807) is 25.5 Å². The number of carboxylic acid groups (broad SMARTS) is 1. The van der Waals surface area contributed by atoms with Crippen LogP contribution in [0.25, 0.3) is 11.3 Å². The van der Waals surface area contributed by atoms with Crippen molar-refractivity contribution in [2.45, 2.75) is 25.9 Å². The molecule has 2 aromatic carbocycles. The van der Waals surface area contributed by atoms with Crippen LogP contribution in [0.2, 0.25) is 0 Å². The van der Waals surface area contributed by atoms with Crippen LogP contribution >= 0.6 is 0 Å². The molecule has 0 saturated carbocycles. The second-order valence-electron chi connectivity index (χ2n) is 6.20. The average Bonchev–Trinajstić information content (AvgIpc) is 2.69. The standard InChI is InChI=1S/C21H21N3O2/c1-15(21(25)26)19-4-2-3-17(11-19)13-23-12-16-5-7-18(8-6-16)20-14-22-9-10-24-20/h2-11,14-15,23H,12-13H2,1H3,(H,25,26). The molecule has 0 fully saturated rings. The quantitative estimate of drug-likeness (QED) is 0.683. The number of hydrogen-bond acceptors (Lipinski definition) is 4. The Morgan fingerprint density at radius 1 is 1.08 bits per heavy atom. The Hall–Kier alpha value is -3.05. The van der Waals surface area contributed by atoms with E-state index in [0.717, 1.165) is 28.9 Å². The zero-order valence-electron chi connectivity index (χ0n) is 14.6. The molecule has 0 aliphatic rings. The fraction of sp³-hybridized carbons (Fsp3) is 0.190. The Balaban J connectivity index is 1.57. The maximum atomic E-state index is 11.1. The van der Waals surface area contributed by atoms with Crippen molar-refractivity contribution in [1.29, 1.82) is 0 Å². The van der Waals surface area contributed by atoms with E-state index in [-0.39, 0.29) is 0 Å². The van der Waals surface area contributed by atoms with Crippen molar-refractivity contribution in [3.8, 4) is 11.3 Å². The molecule has 0 aliphatic heterocycles. The van der Waals surface area contributed by atoms with E-state index in [4.69, 9.17) is 5.11 Å². The molecular weight excluding hydrogens is 326 g/mol. The molecule has 1 unspecified atom stereocenters. The topological polar surface area (TPSA) is 75.1 Å². The smallest absolute Gasteiger partial charge is 0.310 e. The monoisotopic (exact) mass is 347 g/mol. The van der Waals surface area contributed by atoms with E-state index in [2.05, 4.69) is 27.4 Å². The summed E-state index contributed by atoms with van der Waals surface area (Å²) < 4.78 is 0. The molecular formula is C21H21N3O2. The molecule has 1 atom stereocenters. The van der Waals surface area contributed by atoms with Crippen LogP contribution in [-0.2, 0) is 17.9 Å². The number of rotatable bonds is 7. The summed E-state index contributed by atoms with van der Waals surface area (Å²) in [6, 6.07) is 15.9. The summed E-state index contributed by atoms with van der Waals surface area (Å²) >= 11 is 0. The van der Waals surface area contributed by atoms with Gasteiger partial charge in [0.25, 0.3) is 0 Å². The van der Waals surface area contributed by atoms with Gasteiger partial charge in [0.05, 0.1) is 17.8 Å². The Bertz CT molecular complexity index is 864. The third-order valence-electron chi connectivity index (χ3n) is 4.29. The summed E-state index contributed by atoms with van der Waals surface area (Å²) in [6.07, 6.45) is 5.09. The van der Waals surface area contributed by atoms with E-state index < -0.39 is 11.9 Å². The molecule has 0 amide bonds. The molecule has 0 spiro atoms. The highest BCUT2D eigenvalue weighted by atomic mass is 16.4. The molecule has 1 heterocycles. The molecule has 2 N–H and O–H groups in total. The van der Waals surface area contributed by atoms with Crippen molar-refractivity contribution in [3.05, 3.63) is 83.8 Å². The Kier molecular flexibility index (Phi) is 5.71. The van der Waals surface area contributed by atoms with Gasteiger partial charge in [0, 0.05) is 31.0 Å². The summed E-state index contributed by atoms with van der Waals surface area (Å²) in [5, 5.41) is 12.5. The summed E-state index contributed by atoms with van der Waals surface area (Å²) in [4.78, 5) is 19.5. The van der Waals surface area contributed by atoms with Crippen LogP contribution in [0, 0.1) is 0 Å². The van der Waals surface area contributed by atoms with Gasteiger partial charge in [-0.25, -0.2) is 0 Å². The fourth-order valence-electron chi connectivity index (χ4n) is 2.71. The van der Waals surface area contributed by atoms with Gasteiger partial charge in [-0.1, -0.05) is 48.5 Å². The van der Waals surface area contributed by atoms with E-state index in [1.807, 2.05) is 36.4 Å². The SMILES string of the molecule is CC(C(=O)O)c1cccc(CNCc2ccc(-c3cnccn3)cc2)c1. The third-order valence-corrected chi connectivity index (χ3v) is 4.29. The normalized spacial score (nSPS) is 11.9. The van der Waals surface area contributed by atoms with Crippen LogP contribution < -0.4 is 5.32 Å². The largest absolute Gasteiger partial charge is 0.481 e. The fourth-order valence-corrected chi connectivity index (χ4v) is 2.71. The zero-order chi connectivity index (χ0) is 18.4. The average molecular weight is 347 g/mol. The first-order valence-corrected chi connectivity index (χ1v) is 8.51. The molecule has 3 rings (SSSR count). The molecule has 5 heteroatoms. The van der Waals surface area contributed by atoms with E-state index in [0.29, 0.717) is 6.54 Å². The minimum absolute atomic E-state index is 0.497. The lowest BCUT2D eigenvalue weighted by Crippen LogP contribution is -2.13. The molecule has 3 aromatic rings. The lowest BCUT2D eigenvalue weighted by atomic mass is 9.99. The van der Waals surface area contributed by atoms with Crippen LogP contribution in [0.15, 0.2) is 67.1 Å². The van der Waals surface area contributed by atoms with Crippen molar-refractivity contribution >= 4 is 5.97 Å². The van der Waals surface area contributed by atoms with Gasteiger partial charge in [-0.15, -0.1) is 0 Å². The summed E-state index contributed by atoms with van der Waals surface area (Å²) in [5.41, 5.74) is 4.97. The van der Waals surface area contributed by atoms with Crippen LogP contribution in [0.3, 0.4) is 0 Å².